The molecule has 0 aliphatic carbocycles. The molecule has 2 N–H and O–H groups in total. The van der Waals surface area contributed by atoms with Crippen molar-refractivity contribution >= 4 is 5.91 Å². The van der Waals surface area contributed by atoms with Gasteiger partial charge < -0.3 is 10.3 Å². The molecular formula is C19H29N3O2. The van der Waals surface area contributed by atoms with E-state index in [-0.39, 0.29) is 28.0 Å². The molecule has 5 nitrogen and oxygen atoms in total. The Kier molecular flexibility index (Phi) is 5.99. The second-order valence-electron chi connectivity index (χ2n) is 8.34. The summed E-state index contributed by atoms with van der Waals surface area (Å²) in [5, 5.41) is 12.2. The summed E-state index contributed by atoms with van der Waals surface area (Å²) < 4.78 is 0. The number of amides is 1. The maximum atomic E-state index is 12.3. The number of aryl methyl sites for hydroxylation is 1. The normalized spacial score (nSPS) is 11.9. The van der Waals surface area contributed by atoms with Crippen LogP contribution < -0.4 is 10.9 Å². The maximum Gasteiger partial charge on any atom is 0.266 e. The van der Waals surface area contributed by atoms with Gasteiger partial charge in [-0.3, -0.25) is 9.59 Å². The fourth-order valence-electron chi connectivity index (χ4n) is 3.47. The van der Waals surface area contributed by atoms with Crippen LogP contribution in [0.5, 0.6) is 0 Å². The first kappa shape index (κ1) is 20.0. The molecule has 0 spiro atoms. The Morgan fingerprint density at radius 2 is 1.79 bits per heavy atom. The quantitative estimate of drug-likeness (QED) is 0.869. The lowest BCUT2D eigenvalue weighted by molar-refractivity contribution is -0.122. The van der Waals surface area contributed by atoms with E-state index >= 15 is 0 Å². The molecule has 0 aromatic carbocycles. The third kappa shape index (κ3) is 5.52. The van der Waals surface area contributed by atoms with E-state index in [1.165, 1.54) is 0 Å². The fourth-order valence-corrected chi connectivity index (χ4v) is 3.47. The van der Waals surface area contributed by atoms with Crippen molar-refractivity contribution in [3.05, 3.63) is 32.7 Å². The molecule has 0 saturated carbocycles. The van der Waals surface area contributed by atoms with E-state index in [0.29, 0.717) is 18.4 Å². The van der Waals surface area contributed by atoms with Crippen molar-refractivity contribution in [3.63, 3.8) is 0 Å². The van der Waals surface area contributed by atoms with Gasteiger partial charge >= 0.3 is 0 Å². The van der Waals surface area contributed by atoms with E-state index in [1.807, 2.05) is 19.9 Å². The molecule has 24 heavy (non-hydrogen) atoms. The summed E-state index contributed by atoms with van der Waals surface area (Å²) in [6.45, 7) is 14.1. The van der Waals surface area contributed by atoms with Crippen LogP contribution in [0.25, 0.3) is 0 Å². The Labute approximate surface area is 144 Å². The minimum Gasteiger partial charge on any atom is -0.351 e. The first-order valence-corrected chi connectivity index (χ1v) is 8.30. The lowest BCUT2D eigenvalue weighted by Gasteiger charge is -2.33. The van der Waals surface area contributed by atoms with Gasteiger partial charge in [-0.1, -0.05) is 20.8 Å². The van der Waals surface area contributed by atoms with Crippen LogP contribution in [0, 0.1) is 30.6 Å². The summed E-state index contributed by atoms with van der Waals surface area (Å²) in [6, 6.07) is 1.94. The minimum absolute atomic E-state index is 0.0206. The Bertz CT molecular complexity index is 716. The number of hydrogen-bond acceptors (Lipinski definition) is 3. The number of nitrogens with zero attached hydrogens (tertiary/aromatic N) is 1. The number of H-pyrrole nitrogens is 1. The molecule has 0 bridgehead atoms. The van der Waals surface area contributed by atoms with E-state index in [0.717, 1.165) is 17.7 Å². The van der Waals surface area contributed by atoms with Crippen LogP contribution >= 0.6 is 0 Å². The summed E-state index contributed by atoms with van der Waals surface area (Å²) in [6.07, 6.45) is 1.70. The zero-order chi connectivity index (χ0) is 18.7. The molecule has 1 aromatic rings. The number of hydrogen-bond donors (Lipinski definition) is 2. The highest BCUT2D eigenvalue weighted by atomic mass is 16.1. The highest BCUT2D eigenvalue weighted by Gasteiger charge is 2.27. The SMILES string of the molecule is Cc1[nH]c(=O)c(C#N)c(C)c1CCC(=O)NC(C)(C)CC(C)(C)C. The van der Waals surface area contributed by atoms with Gasteiger partial charge in [-0.2, -0.15) is 5.26 Å². The Balaban J connectivity index is 2.83. The van der Waals surface area contributed by atoms with Gasteiger partial charge in [0.1, 0.15) is 11.6 Å². The first-order chi connectivity index (χ1) is 10.9. The van der Waals surface area contributed by atoms with E-state index in [9.17, 15) is 9.59 Å². The largest absolute Gasteiger partial charge is 0.351 e. The van der Waals surface area contributed by atoms with Crippen LogP contribution in [0.2, 0.25) is 0 Å². The molecule has 1 amide bonds. The monoisotopic (exact) mass is 331 g/mol. The molecule has 0 radical (unpaired) electrons. The average molecular weight is 331 g/mol. The highest BCUT2D eigenvalue weighted by Crippen LogP contribution is 2.27. The smallest absolute Gasteiger partial charge is 0.266 e. The van der Waals surface area contributed by atoms with Gasteiger partial charge in [0.15, 0.2) is 0 Å². The zero-order valence-electron chi connectivity index (χ0n) is 15.9. The minimum atomic E-state index is -0.369. The van der Waals surface area contributed by atoms with Crippen LogP contribution in [0.15, 0.2) is 4.79 Å². The summed E-state index contributed by atoms with van der Waals surface area (Å²) in [7, 11) is 0. The van der Waals surface area contributed by atoms with Gasteiger partial charge in [0.05, 0.1) is 0 Å². The summed E-state index contributed by atoms with van der Waals surface area (Å²) in [5.74, 6) is -0.0206. The second-order valence-corrected chi connectivity index (χ2v) is 8.34. The molecule has 132 valence electrons. The van der Waals surface area contributed by atoms with Crippen LogP contribution in [0.3, 0.4) is 0 Å². The Morgan fingerprint density at radius 3 is 2.29 bits per heavy atom. The van der Waals surface area contributed by atoms with Gasteiger partial charge in [0, 0.05) is 17.7 Å². The number of nitrogens with one attached hydrogen (secondary N) is 2. The van der Waals surface area contributed by atoms with Crippen LogP contribution in [-0.2, 0) is 11.2 Å². The van der Waals surface area contributed by atoms with Gasteiger partial charge in [-0.15, -0.1) is 0 Å². The number of carbonyl (C=O) groups excluding carboxylic acids is 1. The topological polar surface area (TPSA) is 85.8 Å². The summed E-state index contributed by atoms with van der Waals surface area (Å²) in [4.78, 5) is 26.8. The highest BCUT2D eigenvalue weighted by molar-refractivity contribution is 5.77. The van der Waals surface area contributed by atoms with Gasteiger partial charge in [0.2, 0.25) is 5.91 Å². The molecule has 5 heteroatoms. The number of carbonyl (C=O) groups is 1. The number of aromatic nitrogens is 1. The molecule has 0 aliphatic rings. The number of pyridine rings is 1. The van der Waals surface area contributed by atoms with E-state index in [4.69, 9.17) is 5.26 Å². The molecule has 0 aliphatic heterocycles. The van der Waals surface area contributed by atoms with Crippen molar-refractivity contribution in [2.24, 2.45) is 5.41 Å². The molecule has 0 unspecified atom stereocenters. The van der Waals surface area contributed by atoms with Gasteiger partial charge in [0.25, 0.3) is 5.56 Å². The fraction of sp³-hybridized carbons (Fsp3) is 0.632. The van der Waals surface area contributed by atoms with Gasteiger partial charge in [-0.05, 0) is 57.1 Å². The van der Waals surface area contributed by atoms with Crippen molar-refractivity contribution in [1.82, 2.24) is 10.3 Å². The molecule has 0 saturated heterocycles. The average Bonchev–Trinajstić information content (AvgIpc) is 2.34. The van der Waals surface area contributed by atoms with Crippen molar-refractivity contribution in [2.45, 2.75) is 73.3 Å². The van der Waals surface area contributed by atoms with E-state index in [2.05, 4.69) is 31.1 Å². The van der Waals surface area contributed by atoms with Gasteiger partial charge in [-0.25, -0.2) is 0 Å². The molecule has 1 rings (SSSR count). The lowest BCUT2D eigenvalue weighted by Crippen LogP contribution is -2.45. The maximum absolute atomic E-state index is 12.3. The van der Waals surface area contributed by atoms with Crippen molar-refractivity contribution in [1.29, 1.82) is 5.26 Å². The van der Waals surface area contributed by atoms with Crippen molar-refractivity contribution in [2.75, 3.05) is 0 Å². The molecular weight excluding hydrogens is 302 g/mol. The van der Waals surface area contributed by atoms with Crippen molar-refractivity contribution < 1.29 is 4.79 Å². The number of rotatable bonds is 5. The zero-order valence-corrected chi connectivity index (χ0v) is 15.9. The standard InChI is InChI=1S/C19H29N3O2/c1-12-14(13(2)21-17(24)15(12)10-20)8-9-16(23)22-19(6,7)11-18(3,4)5/h8-9,11H2,1-7H3,(H,21,24)(H,22,23). The Morgan fingerprint density at radius 1 is 1.21 bits per heavy atom. The third-order valence-electron chi connectivity index (χ3n) is 3.97. The van der Waals surface area contributed by atoms with E-state index < -0.39 is 0 Å². The molecule has 1 aromatic heterocycles. The second kappa shape index (κ2) is 7.21. The van der Waals surface area contributed by atoms with Crippen molar-refractivity contribution in [3.8, 4) is 6.07 Å². The molecule has 0 atom stereocenters. The number of aromatic amines is 1. The van der Waals surface area contributed by atoms with E-state index in [1.54, 1.807) is 13.8 Å². The molecule has 0 fully saturated rings. The number of nitriles is 1. The predicted octanol–water partition coefficient (Wildman–Crippen LogP) is 3.13. The summed E-state index contributed by atoms with van der Waals surface area (Å²) >= 11 is 0. The van der Waals surface area contributed by atoms with Crippen LogP contribution in [0.4, 0.5) is 0 Å². The first-order valence-electron chi connectivity index (χ1n) is 8.30. The predicted molar refractivity (Wildman–Crippen MR) is 95.9 cm³/mol. The van der Waals surface area contributed by atoms with Crippen LogP contribution in [0.1, 0.15) is 69.8 Å². The summed E-state index contributed by atoms with van der Waals surface area (Å²) in [5.41, 5.74) is 1.87. The molecule has 1 heterocycles. The third-order valence-corrected chi connectivity index (χ3v) is 3.97. The Hall–Kier alpha value is -2.09. The lowest BCUT2D eigenvalue weighted by atomic mass is 9.81. The van der Waals surface area contributed by atoms with Crippen LogP contribution in [-0.4, -0.2) is 16.4 Å².